The first-order valence-electron chi connectivity index (χ1n) is 12.4. The zero-order valence-corrected chi connectivity index (χ0v) is 23.0. The molecular formula is C29H27BrN6O3. The molecule has 9 nitrogen and oxygen atoms in total. The summed E-state index contributed by atoms with van der Waals surface area (Å²) in [4.78, 5) is 36.1. The number of carbonyl (C=O) groups excluding carboxylic acids is 2. The van der Waals surface area contributed by atoms with E-state index in [1.165, 1.54) is 0 Å². The number of hydrogen-bond acceptors (Lipinski definition) is 7. The summed E-state index contributed by atoms with van der Waals surface area (Å²) in [6.45, 7) is 2.24. The van der Waals surface area contributed by atoms with Crippen molar-refractivity contribution < 1.29 is 14.3 Å². The van der Waals surface area contributed by atoms with Gasteiger partial charge < -0.3 is 25.6 Å². The third-order valence-electron chi connectivity index (χ3n) is 6.24. The third-order valence-corrected chi connectivity index (χ3v) is 6.73. The van der Waals surface area contributed by atoms with E-state index in [0.29, 0.717) is 24.0 Å². The van der Waals surface area contributed by atoms with Crippen molar-refractivity contribution in [2.24, 2.45) is 5.92 Å². The van der Waals surface area contributed by atoms with Crippen LogP contribution in [0.25, 0.3) is 0 Å². The molecule has 1 saturated heterocycles. The highest BCUT2D eigenvalue weighted by Gasteiger charge is 2.35. The van der Waals surface area contributed by atoms with Gasteiger partial charge in [0.2, 0.25) is 17.8 Å². The maximum absolute atomic E-state index is 12.9. The van der Waals surface area contributed by atoms with Crippen LogP contribution in [-0.4, -0.2) is 35.4 Å². The Morgan fingerprint density at radius 1 is 0.949 bits per heavy atom. The summed E-state index contributed by atoms with van der Waals surface area (Å²) in [6, 6.07) is 24.2. The number of hydrogen-bond donors (Lipinski definition) is 3. The van der Waals surface area contributed by atoms with Crippen molar-refractivity contribution in [3.8, 4) is 5.75 Å². The molecule has 0 unspecified atom stereocenters. The summed E-state index contributed by atoms with van der Waals surface area (Å²) in [5.41, 5.74) is 3.87. The number of aryl methyl sites for hydroxylation is 1. The number of nitrogens with zero attached hydrogens (tertiary/aromatic N) is 3. The molecule has 1 aliphatic rings. The topological polar surface area (TPSA) is 108 Å². The predicted molar refractivity (Wildman–Crippen MR) is 156 cm³/mol. The van der Waals surface area contributed by atoms with Crippen molar-refractivity contribution in [1.29, 1.82) is 0 Å². The molecule has 0 saturated carbocycles. The summed E-state index contributed by atoms with van der Waals surface area (Å²) in [6.07, 6.45) is 0.176. The Morgan fingerprint density at radius 3 is 2.36 bits per heavy atom. The molecular weight excluding hydrogens is 560 g/mol. The summed E-state index contributed by atoms with van der Waals surface area (Å²) in [5, 5.41) is 9.41. The number of anilines is 6. The lowest BCUT2D eigenvalue weighted by Crippen LogP contribution is -2.28. The maximum Gasteiger partial charge on any atom is 0.229 e. The van der Waals surface area contributed by atoms with Crippen molar-refractivity contribution >= 4 is 62.3 Å². The maximum atomic E-state index is 12.9. The SMILES string of the molecule is COc1ccc(Nc2cc(C)nc(Nc3ccc(NC(=O)[C@H]4CC(=O)N(c5cccc(Br)c5)C4)cc3)n2)cc1. The number of halogens is 1. The van der Waals surface area contributed by atoms with Crippen LogP contribution in [0, 0.1) is 12.8 Å². The number of nitrogens with one attached hydrogen (secondary N) is 3. The molecule has 2 amide bonds. The van der Waals surface area contributed by atoms with Crippen LogP contribution < -0.4 is 25.6 Å². The minimum absolute atomic E-state index is 0.0631. The largest absolute Gasteiger partial charge is 0.497 e. The van der Waals surface area contributed by atoms with Gasteiger partial charge in [-0.25, -0.2) is 4.98 Å². The van der Waals surface area contributed by atoms with Crippen LogP contribution in [0.4, 0.5) is 34.5 Å². The Bertz CT molecular complexity index is 1490. The van der Waals surface area contributed by atoms with Gasteiger partial charge in [0.15, 0.2) is 0 Å². The van der Waals surface area contributed by atoms with E-state index in [9.17, 15) is 9.59 Å². The van der Waals surface area contributed by atoms with Crippen LogP contribution in [0.15, 0.2) is 83.3 Å². The molecule has 5 rings (SSSR count). The number of carbonyl (C=O) groups is 2. The van der Waals surface area contributed by atoms with Gasteiger partial charge in [-0.05, 0) is 73.7 Å². The third kappa shape index (κ3) is 6.53. The number of rotatable bonds is 8. The second kappa shape index (κ2) is 11.5. The molecule has 3 N–H and O–H groups in total. The lowest BCUT2D eigenvalue weighted by Gasteiger charge is -2.17. The highest BCUT2D eigenvalue weighted by atomic mass is 79.9. The Morgan fingerprint density at radius 2 is 1.64 bits per heavy atom. The van der Waals surface area contributed by atoms with E-state index >= 15 is 0 Å². The molecule has 0 bridgehead atoms. The van der Waals surface area contributed by atoms with Crippen LogP contribution in [0.3, 0.4) is 0 Å². The highest BCUT2D eigenvalue weighted by Crippen LogP contribution is 2.28. The summed E-state index contributed by atoms with van der Waals surface area (Å²) >= 11 is 3.43. The smallest absolute Gasteiger partial charge is 0.229 e. The van der Waals surface area contributed by atoms with Gasteiger partial charge in [-0.15, -0.1) is 0 Å². The summed E-state index contributed by atoms with van der Waals surface area (Å²) < 4.78 is 6.09. The van der Waals surface area contributed by atoms with E-state index in [1.54, 1.807) is 24.1 Å². The Hall–Kier alpha value is -4.44. The summed E-state index contributed by atoms with van der Waals surface area (Å²) in [7, 11) is 1.63. The van der Waals surface area contributed by atoms with Gasteiger partial charge in [0.25, 0.3) is 0 Å². The molecule has 1 aromatic heterocycles. The number of aromatic nitrogens is 2. The van der Waals surface area contributed by atoms with Crippen LogP contribution in [0.2, 0.25) is 0 Å². The normalized spacial score (nSPS) is 14.7. The van der Waals surface area contributed by atoms with Gasteiger partial charge in [-0.1, -0.05) is 22.0 Å². The van der Waals surface area contributed by atoms with E-state index in [4.69, 9.17) is 4.74 Å². The zero-order chi connectivity index (χ0) is 27.4. The lowest BCUT2D eigenvalue weighted by atomic mass is 10.1. The van der Waals surface area contributed by atoms with Gasteiger partial charge in [0, 0.05) is 51.9 Å². The molecule has 0 aliphatic carbocycles. The van der Waals surface area contributed by atoms with E-state index in [2.05, 4.69) is 41.8 Å². The first-order chi connectivity index (χ1) is 18.9. The fraction of sp³-hybridized carbons (Fsp3) is 0.172. The molecule has 39 heavy (non-hydrogen) atoms. The fourth-order valence-corrected chi connectivity index (χ4v) is 4.68. The van der Waals surface area contributed by atoms with Crippen LogP contribution >= 0.6 is 15.9 Å². The van der Waals surface area contributed by atoms with Crippen LogP contribution in [0.1, 0.15) is 12.1 Å². The van der Waals surface area contributed by atoms with Crippen molar-refractivity contribution in [3.05, 3.63) is 89.0 Å². The zero-order valence-electron chi connectivity index (χ0n) is 21.4. The monoisotopic (exact) mass is 586 g/mol. The van der Waals surface area contributed by atoms with E-state index in [1.807, 2.05) is 73.7 Å². The second-order valence-corrected chi connectivity index (χ2v) is 10.1. The molecule has 2 heterocycles. The Balaban J connectivity index is 1.19. The predicted octanol–water partition coefficient (Wildman–Crippen LogP) is 6.03. The van der Waals surface area contributed by atoms with Crippen LogP contribution in [-0.2, 0) is 9.59 Å². The second-order valence-electron chi connectivity index (χ2n) is 9.15. The Kier molecular flexibility index (Phi) is 7.74. The number of methoxy groups -OCH3 is 1. The molecule has 1 atom stereocenters. The molecule has 198 valence electrons. The van der Waals surface area contributed by atoms with Gasteiger partial charge in [-0.2, -0.15) is 4.98 Å². The fourth-order valence-electron chi connectivity index (χ4n) is 4.30. The summed E-state index contributed by atoms with van der Waals surface area (Å²) in [5.74, 6) is 1.21. The molecule has 3 aromatic carbocycles. The van der Waals surface area contributed by atoms with Crippen LogP contribution in [0.5, 0.6) is 5.75 Å². The van der Waals surface area contributed by atoms with Crippen molar-refractivity contribution in [1.82, 2.24) is 9.97 Å². The molecule has 10 heteroatoms. The van der Waals surface area contributed by atoms with Gasteiger partial charge in [-0.3, -0.25) is 9.59 Å². The molecule has 4 aromatic rings. The Labute approximate surface area is 234 Å². The number of amides is 2. The quantitative estimate of drug-likeness (QED) is 0.231. The highest BCUT2D eigenvalue weighted by molar-refractivity contribution is 9.10. The molecule has 0 radical (unpaired) electrons. The van der Waals surface area contributed by atoms with Crippen molar-refractivity contribution in [2.45, 2.75) is 13.3 Å². The molecule has 1 fully saturated rings. The first-order valence-corrected chi connectivity index (χ1v) is 13.2. The molecule has 0 spiro atoms. The minimum atomic E-state index is -0.424. The number of benzene rings is 3. The molecule has 1 aliphatic heterocycles. The average Bonchev–Trinajstić information content (AvgIpc) is 3.32. The minimum Gasteiger partial charge on any atom is -0.497 e. The van der Waals surface area contributed by atoms with E-state index < -0.39 is 5.92 Å². The number of ether oxygens (including phenoxy) is 1. The van der Waals surface area contributed by atoms with Crippen molar-refractivity contribution in [3.63, 3.8) is 0 Å². The van der Waals surface area contributed by atoms with E-state index in [-0.39, 0.29) is 18.2 Å². The average molecular weight is 587 g/mol. The first kappa shape index (κ1) is 26.2. The van der Waals surface area contributed by atoms with Crippen molar-refractivity contribution in [2.75, 3.05) is 34.5 Å². The van der Waals surface area contributed by atoms with Gasteiger partial charge in [0.1, 0.15) is 11.6 Å². The van der Waals surface area contributed by atoms with Gasteiger partial charge in [0.05, 0.1) is 13.0 Å². The van der Waals surface area contributed by atoms with E-state index in [0.717, 1.165) is 33.0 Å². The standard InChI is InChI=1S/C29H27BrN6O3/c1-18-14-26(32-21-10-12-25(39-2)13-11-21)35-29(31-18)34-23-8-6-22(7-9-23)33-28(38)19-15-27(37)36(17-19)24-5-3-4-20(30)16-24/h3-14,16,19H,15,17H2,1-2H3,(H,33,38)(H2,31,32,34,35)/t19-/m0/s1. The van der Waals surface area contributed by atoms with Gasteiger partial charge >= 0.3 is 0 Å². The lowest BCUT2D eigenvalue weighted by molar-refractivity contribution is -0.122.